The molecule has 0 spiro atoms. The van der Waals surface area contributed by atoms with Crippen molar-refractivity contribution in [2.75, 3.05) is 4.90 Å². The summed E-state index contributed by atoms with van der Waals surface area (Å²) in [5.41, 5.74) is 13.9. The Morgan fingerprint density at radius 3 is 1.77 bits per heavy atom. The first kappa shape index (κ1) is 30.4. The summed E-state index contributed by atoms with van der Waals surface area (Å²) < 4.78 is 0. The van der Waals surface area contributed by atoms with Gasteiger partial charge in [-0.05, 0) is 108 Å². The lowest BCUT2D eigenvalue weighted by Crippen LogP contribution is -2.14. The summed E-state index contributed by atoms with van der Waals surface area (Å²) in [6.07, 6.45) is 0. The Hall–Kier alpha value is -6.44. The molecular weight excluding hydrogens is 627 g/mol. The van der Waals surface area contributed by atoms with E-state index in [1.54, 1.807) is 0 Å². The van der Waals surface area contributed by atoms with Gasteiger partial charge in [0.1, 0.15) is 0 Å². The second kappa shape index (κ2) is 11.8. The van der Waals surface area contributed by atoms with Crippen LogP contribution in [0.25, 0.3) is 65.7 Å². The van der Waals surface area contributed by atoms with Crippen LogP contribution in [0.1, 0.15) is 25.0 Å². The molecule has 0 amide bonds. The van der Waals surface area contributed by atoms with Crippen LogP contribution in [0, 0.1) is 0 Å². The zero-order valence-corrected chi connectivity index (χ0v) is 29.3. The van der Waals surface area contributed by atoms with Gasteiger partial charge in [-0.2, -0.15) is 0 Å². The number of fused-ring (bicyclic) bond motifs is 6. The summed E-state index contributed by atoms with van der Waals surface area (Å²) in [7, 11) is 0. The lowest BCUT2D eigenvalue weighted by Gasteiger charge is -2.27. The summed E-state index contributed by atoms with van der Waals surface area (Å²) in [5.74, 6) is 0. The predicted molar refractivity (Wildman–Crippen MR) is 222 cm³/mol. The van der Waals surface area contributed by atoms with Crippen molar-refractivity contribution in [2.24, 2.45) is 0 Å². The van der Waals surface area contributed by atoms with E-state index in [0.29, 0.717) is 0 Å². The third-order valence-electron chi connectivity index (χ3n) is 11.2. The van der Waals surface area contributed by atoms with Crippen molar-refractivity contribution < 1.29 is 0 Å². The Morgan fingerprint density at radius 2 is 0.923 bits per heavy atom. The zero-order chi connectivity index (χ0) is 34.8. The lowest BCUT2D eigenvalue weighted by molar-refractivity contribution is 0.660. The topological polar surface area (TPSA) is 3.24 Å². The second-order valence-electron chi connectivity index (χ2n) is 14.6. The molecule has 1 nitrogen and oxygen atoms in total. The van der Waals surface area contributed by atoms with Crippen molar-refractivity contribution in [3.8, 4) is 33.4 Å². The van der Waals surface area contributed by atoms with Crippen molar-refractivity contribution in [1.29, 1.82) is 0 Å². The average molecular weight is 664 g/mol. The van der Waals surface area contributed by atoms with E-state index in [4.69, 9.17) is 0 Å². The van der Waals surface area contributed by atoms with E-state index in [-0.39, 0.29) is 5.41 Å². The van der Waals surface area contributed by atoms with Gasteiger partial charge in [-0.1, -0.05) is 166 Å². The fraction of sp³-hybridized carbons (Fsp3) is 0.0588. The molecule has 0 aromatic heterocycles. The molecule has 0 fully saturated rings. The van der Waals surface area contributed by atoms with Gasteiger partial charge >= 0.3 is 0 Å². The zero-order valence-electron chi connectivity index (χ0n) is 29.3. The smallest absolute Gasteiger partial charge is 0.0540 e. The highest BCUT2D eigenvalue weighted by Crippen LogP contribution is 2.52. The summed E-state index contributed by atoms with van der Waals surface area (Å²) >= 11 is 0. The normalized spacial score (nSPS) is 13.0. The maximum absolute atomic E-state index is 2.41. The van der Waals surface area contributed by atoms with Crippen LogP contribution >= 0.6 is 0 Å². The second-order valence-corrected chi connectivity index (χ2v) is 14.6. The van der Waals surface area contributed by atoms with E-state index in [9.17, 15) is 0 Å². The molecule has 0 N–H and O–H groups in total. The number of nitrogens with zero attached hydrogens (tertiary/aromatic N) is 1. The van der Waals surface area contributed by atoms with Gasteiger partial charge in [0.05, 0.1) is 5.69 Å². The minimum Gasteiger partial charge on any atom is -0.310 e. The van der Waals surface area contributed by atoms with Gasteiger partial charge in [-0.15, -0.1) is 0 Å². The molecule has 0 saturated carbocycles. The fourth-order valence-electron chi connectivity index (χ4n) is 8.63. The molecule has 9 aromatic carbocycles. The van der Waals surface area contributed by atoms with Crippen LogP contribution < -0.4 is 4.90 Å². The fourth-order valence-corrected chi connectivity index (χ4v) is 8.63. The molecule has 10 rings (SSSR count). The van der Waals surface area contributed by atoms with E-state index < -0.39 is 0 Å². The van der Waals surface area contributed by atoms with E-state index in [0.717, 1.165) is 17.1 Å². The largest absolute Gasteiger partial charge is 0.310 e. The van der Waals surface area contributed by atoms with Crippen LogP contribution in [0.3, 0.4) is 0 Å². The van der Waals surface area contributed by atoms with Crippen LogP contribution in [-0.2, 0) is 5.41 Å². The number of hydrogen-bond donors (Lipinski definition) is 0. The van der Waals surface area contributed by atoms with Crippen molar-refractivity contribution in [1.82, 2.24) is 0 Å². The molecule has 1 aliphatic rings. The number of hydrogen-bond acceptors (Lipinski definition) is 1. The van der Waals surface area contributed by atoms with Gasteiger partial charge in [0, 0.05) is 22.2 Å². The Labute approximate surface area is 305 Å². The maximum atomic E-state index is 2.41. The molecule has 0 radical (unpaired) electrons. The van der Waals surface area contributed by atoms with Gasteiger partial charge < -0.3 is 4.90 Å². The van der Waals surface area contributed by atoms with E-state index in [1.807, 2.05) is 0 Å². The molecule has 1 heteroatoms. The van der Waals surface area contributed by atoms with E-state index in [1.165, 1.54) is 76.8 Å². The van der Waals surface area contributed by atoms with Gasteiger partial charge in [-0.25, -0.2) is 0 Å². The number of anilines is 3. The number of rotatable bonds is 5. The van der Waals surface area contributed by atoms with E-state index >= 15 is 0 Å². The first-order chi connectivity index (χ1) is 25.5. The Bertz CT molecular complexity index is 2810. The van der Waals surface area contributed by atoms with Crippen LogP contribution in [0.4, 0.5) is 17.1 Å². The molecule has 1 aliphatic carbocycles. The van der Waals surface area contributed by atoms with Crippen LogP contribution in [-0.4, -0.2) is 0 Å². The summed E-state index contributed by atoms with van der Waals surface area (Å²) in [4.78, 5) is 2.41. The molecule has 0 saturated heterocycles. The molecule has 246 valence electrons. The van der Waals surface area contributed by atoms with Gasteiger partial charge in [0.2, 0.25) is 0 Å². The SMILES string of the molecule is CC1(C)c2ccccc2-c2c(-c3ccc4cc(N(c5ccc(-c6cccc7ccccc67)cc5)c5cccc6ccccc56)ccc4c3)cccc21. The standard InChI is InChI=1S/C51H37N/c1-51(2)47-21-8-7-18-46(47)50-45(20-11-22-48(50)51)39-25-24-38-33-41(31-28-37(38)32-39)52(49-23-10-15-35-13-4-6-17-44(35)49)40-29-26-36(27-30-40)43-19-9-14-34-12-3-5-16-42(34)43/h3-33H,1-2H3. The Morgan fingerprint density at radius 1 is 0.365 bits per heavy atom. The van der Waals surface area contributed by atoms with Crippen molar-refractivity contribution in [3.05, 3.63) is 199 Å². The molecule has 0 aliphatic heterocycles. The van der Waals surface area contributed by atoms with Gasteiger partial charge in [0.15, 0.2) is 0 Å². The molecule has 0 atom stereocenters. The highest BCUT2D eigenvalue weighted by atomic mass is 15.1. The highest BCUT2D eigenvalue weighted by molar-refractivity contribution is 6.02. The highest BCUT2D eigenvalue weighted by Gasteiger charge is 2.36. The summed E-state index contributed by atoms with van der Waals surface area (Å²) in [6, 6.07) is 69.1. The third-order valence-corrected chi connectivity index (χ3v) is 11.2. The molecular formula is C51H37N. The van der Waals surface area contributed by atoms with Crippen LogP contribution in [0.2, 0.25) is 0 Å². The molecule has 0 bridgehead atoms. The van der Waals surface area contributed by atoms with Crippen molar-refractivity contribution in [3.63, 3.8) is 0 Å². The van der Waals surface area contributed by atoms with Gasteiger partial charge in [-0.3, -0.25) is 0 Å². The molecule has 52 heavy (non-hydrogen) atoms. The van der Waals surface area contributed by atoms with Gasteiger partial charge in [0.25, 0.3) is 0 Å². The average Bonchev–Trinajstić information content (AvgIpc) is 3.44. The lowest BCUT2D eigenvalue weighted by atomic mass is 9.82. The summed E-state index contributed by atoms with van der Waals surface area (Å²) in [5, 5.41) is 7.42. The van der Waals surface area contributed by atoms with Crippen LogP contribution in [0.5, 0.6) is 0 Å². The van der Waals surface area contributed by atoms with Crippen LogP contribution in [0.15, 0.2) is 188 Å². The Kier molecular flexibility index (Phi) is 6.91. The minimum atomic E-state index is -0.0220. The maximum Gasteiger partial charge on any atom is 0.0540 e. The number of benzene rings is 9. The monoisotopic (exact) mass is 663 g/mol. The van der Waals surface area contributed by atoms with Crippen molar-refractivity contribution >= 4 is 49.4 Å². The molecule has 0 heterocycles. The predicted octanol–water partition coefficient (Wildman–Crippen LogP) is 14.3. The molecule has 0 unspecified atom stereocenters. The molecule has 9 aromatic rings. The quantitative estimate of drug-likeness (QED) is 0.177. The van der Waals surface area contributed by atoms with Crippen molar-refractivity contribution in [2.45, 2.75) is 19.3 Å². The summed E-state index contributed by atoms with van der Waals surface area (Å²) in [6.45, 7) is 4.70. The first-order valence-electron chi connectivity index (χ1n) is 18.2. The third kappa shape index (κ3) is 4.77. The van der Waals surface area contributed by atoms with E-state index in [2.05, 4.69) is 207 Å². The first-order valence-corrected chi connectivity index (χ1v) is 18.2. The Balaban J connectivity index is 1.09. The minimum absolute atomic E-state index is 0.0220.